The van der Waals surface area contributed by atoms with Gasteiger partial charge < -0.3 is 15.5 Å². The molecule has 0 heterocycles. The van der Waals surface area contributed by atoms with Crippen molar-refractivity contribution in [3.63, 3.8) is 0 Å². The second-order valence-corrected chi connectivity index (χ2v) is 3.34. The average molecular weight is 238 g/mol. The number of aliphatic hydroxyl groups is 2. The topological polar surface area (TPSA) is 52.5 Å². The van der Waals surface area contributed by atoms with E-state index in [0.29, 0.717) is 6.07 Å². The summed E-state index contributed by atoms with van der Waals surface area (Å²) in [6.07, 6.45) is -1.01. The predicted molar refractivity (Wildman–Crippen MR) is 53.0 cm³/mol. The molecule has 6 heteroatoms. The molecular weight excluding hydrogens is 228 g/mol. The van der Waals surface area contributed by atoms with Crippen molar-refractivity contribution in [3.8, 4) is 0 Å². The molecular formula is C9H10ClF2NO2. The molecule has 3 nitrogen and oxygen atoms in total. The van der Waals surface area contributed by atoms with Gasteiger partial charge in [-0.15, -0.1) is 0 Å². The van der Waals surface area contributed by atoms with Gasteiger partial charge in [-0.25, -0.2) is 8.78 Å². The summed E-state index contributed by atoms with van der Waals surface area (Å²) in [6, 6.07) is 1.67. The van der Waals surface area contributed by atoms with Crippen LogP contribution in [0, 0.1) is 11.6 Å². The molecule has 1 aromatic carbocycles. The molecule has 84 valence electrons. The molecule has 0 aliphatic carbocycles. The molecule has 1 atom stereocenters. The second-order valence-electron chi connectivity index (χ2n) is 2.97. The van der Waals surface area contributed by atoms with E-state index in [2.05, 4.69) is 5.32 Å². The van der Waals surface area contributed by atoms with Gasteiger partial charge in [-0.1, -0.05) is 11.6 Å². The second kappa shape index (κ2) is 5.25. The monoisotopic (exact) mass is 237 g/mol. The Morgan fingerprint density at radius 1 is 1.40 bits per heavy atom. The molecule has 0 aliphatic rings. The molecule has 0 bridgehead atoms. The van der Waals surface area contributed by atoms with Crippen LogP contribution in [0.2, 0.25) is 5.02 Å². The predicted octanol–water partition coefficient (Wildman–Crippen LogP) is 1.38. The highest BCUT2D eigenvalue weighted by atomic mass is 35.5. The molecule has 0 aliphatic heterocycles. The maximum absolute atomic E-state index is 12.9. The van der Waals surface area contributed by atoms with E-state index in [1.807, 2.05) is 0 Å². The van der Waals surface area contributed by atoms with Crippen molar-refractivity contribution >= 4 is 17.3 Å². The Balaban J connectivity index is 2.76. The highest BCUT2D eigenvalue weighted by molar-refractivity contribution is 6.33. The highest BCUT2D eigenvalue weighted by Crippen LogP contribution is 2.25. The summed E-state index contributed by atoms with van der Waals surface area (Å²) in [4.78, 5) is 0. The van der Waals surface area contributed by atoms with E-state index < -0.39 is 24.3 Å². The summed E-state index contributed by atoms with van der Waals surface area (Å²) in [5, 5.41) is 19.8. The number of hydrogen-bond acceptors (Lipinski definition) is 3. The van der Waals surface area contributed by atoms with Gasteiger partial charge in [0.2, 0.25) is 0 Å². The largest absolute Gasteiger partial charge is 0.394 e. The molecule has 0 spiro atoms. The minimum absolute atomic E-state index is 0.0425. The van der Waals surface area contributed by atoms with E-state index in [4.69, 9.17) is 21.8 Å². The highest BCUT2D eigenvalue weighted by Gasteiger charge is 2.10. The molecule has 0 saturated carbocycles. The molecule has 0 amide bonds. The van der Waals surface area contributed by atoms with Gasteiger partial charge in [0.1, 0.15) is 11.6 Å². The Morgan fingerprint density at radius 2 is 2.07 bits per heavy atom. The maximum atomic E-state index is 12.9. The van der Waals surface area contributed by atoms with Gasteiger partial charge >= 0.3 is 0 Å². The lowest BCUT2D eigenvalue weighted by Gasteiger charge is -2.11. The van der Waals surface area contributed by atoms with E-state index in [9.17, 15) is 8.78 Å². The number of nitrogens with one attached hydrogen (secondary N) is 1. The van der Waals surface area contributed by atoms with Gasteiger partial charge in [-0.2, -0.15) is 0 Å². The number of rotatable bonds is 4. The van der Waals surface area contributed by atoms with Gasteiger partial charge in [0.15, 0.2) is 0 Å². The summed E-state index contributed by atoms with van der Waals surface area (Å²) in [5.41, 5.74) is 0.0432. The van der Waals surface area contributed by atoms with E-state index in [-0.39, 0.29) is 17.3 Å². The minimum atomic E-state index is -1.01. The number of halogens is 3. The number of anilines is 1. The van der Waals surface area contributed by atoms with E-state index in [1.165, 1.54) is 0 Å². The lowest BCUT2D eigenvalue weighted by atomic mass is 10.2. The Kier molecular flexibility index (Phi) is 4.26. The summed E-state index contributed by atoms with van der Waals surface area (Å²) in [6.45, 7) is -0.485. The Labute approximate surface area is 90.3 Å². The molecule has 3 N–H and O–H groups in total. The van der Waals surface area contributed by atoms with Crippen LogP contribution >= 0.6 is 11.6 Å². The zero-order valence-electron chi connectivity index (χ0n) is 7.67. The van der Waals surface area contributed by atoms with Crippen LogP contribution in [0.5, 0.6) is 0 Å². The fraction of sp³-hybridized carbons (Fsp3) is 0.333. The molecule has 15 heavy (non-hydrogen) atoms. The lowest BCUT2D eigenvalue weighted by molar-refractivity contribution is 0.105. The fourth-order valence-corrected chi connectivity index (χ4v) is 1.15. The van der Waals surface area contributed by atoms with Gasteiger partial charge in [0, 0.05) is 12.6 Å². The third-order valence-electron chi connectivity index (χ3n) is 1.73. The molecule has 1 unspecified atom stereocenters. The maximum Gasteiger partial charge on any atom is 0.146 e. The van der Waals surface area contributed by atoms with Crippen LogP contribution in [0.15, 0.2) is 12.1 Å². The molecule has 0 radical (unpaired) electrons. The summed E-state index contributed by atoms with van der Waals surface area (Å²) < 4.78 is 25.7. The first-order valence-electron chi connectivity index (χ1n) is 4.22. The van der Waals surface area contributed by atoms with Crippen LogP contribution in [-0.4, -0.2) is 29.5 Å². The van der Waals surface area contributed by atoms with Crippen molar-refractivity contribution in [2.45, 2.75) is 6.10 Å². The Morgan fingerprint density at radius 3 is 2.67 bits per heavy atom. The first kappa shape index (κ1) is 12.2. The van der Waals surface area contributed by atoms with Gasteiger partial charge in [0.05, 0.1) is 23.4 Å². The number of hydrogen-bond donors (Lipinski definition) is 3. The SMILES string of the molecule is OCC(O)CNc1cc(F)cc(F)c1Cl. The van der Waals surface area contributed by atoms with Gasteiger partial charge in [0.25, 0.3) is 0 Å². The van der Waals surface area contributed by atoms with E-state index in [1.54, 1.807) is 0 Å². The fourth-order valence-electron chi connectivity index (χ4n) is 0.977. The van der Waals surface area contributed by atoms with Crippen LogP contribution in [0.25, 0.3) is 0 Å². The number of aliphatic hydroxyl groups excluding tert-OH is 2. The smallest absolute Gasteiger partial charge is 0.146 e. The first-order valence-corrected chi connectivity index (χ1v) is 4.59. The van der Waals surface area contributed by atoms with Gasteiger partial charge in [-0.3, -0.25) is 0 Å². The summed E-state index contributed by atoms with van der Waals surface area (Å²) in [5.74, 6) is -1.64. The van der Waals surface area contributed by atoms with Crippen LogP contribution in [0.3, 0.4) is 0 Å². The van der Waals surface area contributed by atoms with Crippen molar-refractivity contribution in [1.82, 2.24) is 0 Å². The summed E-state index contributed by atoms with van der Waals surface area (Å²) >= 11 is 5.54. The van der Waals surface area contributed by atoms with Crippen molar-refractivity contribution in [1.29, 1.82) is 0 Å². The molecule has 1 aromatic rings. The third kappa shape index (κ3) is 3.30. The Bertz CT molecular complexity index is 349. The lowest BCUT2D eigenvalue weighted by Crippen LogP contribution is -2.23. The van der Waals surface area contributed by atoms with Crippen molar-refractivity contribution in [3.05, 3.63) is 28.8 Å². The average Bonchev–Trinajstić information content (AvgIpc) is 2.20. The van der Waals surface area contributed by atoms with E-state index >= 15 is 0 Å². The van der Waals surface area contributed by atoms with Crippen molar-refractivity contribution < 1.29 is 19.0 Å². The standard InChI is InChI=1S/C9H10ClF2NO2/c10-9-7(12)1-5(11)2-8(9)13-3-6(15)4-14/h1-2,6,13-15H,3-4H2. The van der Waals surface area contributed by atoms with Gasteiger partial charge in [-0.05, 0) is 6.07 Å². The zero-order chi connectivity index (χ0) is 11.4. The van der Waals surface area contributed by atoms with E-state index in [0.717, 1.165) is 6.07 Å². The molecule has 0 fully saturated rings. The number of benzene rings is 1. The zero-order valence-corrected chi connectivity index (χ0v) is 8.43. The molecule has 1 rings (SSSR count). The van der Waals surface area contributed by atoms with Crippen LogP contribution in [0.1, 0.15) is 0 Å². The van der Waals surface area contributed by atoms with Crippen LogP contribution in [0.4, 0.5) is 14.5 Å². The molecule has 0 aromatic heterocycles. The van der Waals surface area contributed by atoms with Crippen LogP contribution in [-0.2, 0) is 0 Å². The third-order valence-corrected chi connectivity index (χ3v) is 2.12. The molecule has 0 saturated heterocycles. The van der Waals surface area contributed by atoms with Crippen molar-refractivity contribution in [2.75, 3.05) is 18.5 Å². The first-order chi connectivity index (χ1) is 7.04. The van der Waals surface area contributed by atoms with Crippen molar-refractivity contribution in [2.24, 2.45) is 0 Å². The normalized spacial score (nSPS) is 12.6. The van der Waals surface area contributed by atoms with Crippen LogP contribution < -0.4 is 5.32 Å². The summed E-state index contributed by atoms with van der Waals surface area (Å²) in [7, 11) is 0. The quantitative estimate of drug-likeness (QED) is 0.694. The minimum Gasteiger partial charge on any atom is -0.394 e. The Hall–Kier alpha value is -0.910.